The summed E-state index contributed by atoms with van der Waals surface area (Å²) < 4.78 is 71.0. The Hall–Kier alpha value is -2.93. The molecule has 1 aromatic carbocycles. The van der Waals surface area contributed by atoms with Gasteiger partial charge >= 0.3 is 20.8 Å². The molecule has 4 atom stereocenters. The van der Waals surface area contributed by atoms with E-state index in [2.05, 4.69) is 19.8 Å². The fourth-order valence-corrected chi connectivity index (χ4v) is 4.02. The molecule has 0 spiro atoms. The van der Waals surface area contributed by atoms with Gasteiger partial charge < -0.3 is 30.4 Å². The van der Waals surface area contributed by atoms with Crippen LogP contribution in [-0.4, -0.2) is 115 Å². The van der Waals surface area contributed by atoms with Crippen molar-refractivity contribution < 1.29 is 54.8 Å². The third-order valence-corrected chi connectivity index (χ3v) is 5.67. The topological polar surface area (TPSA) is 307 Å². The van der Waals surface area contributed by atoms with Crippen LogP contribution >= 0.6 is 0 Å². The van der Waals surface area contributed by atoms with Gasteiger partial charge in [-0.1, -0.05) is 30.3 Å². The molecule has 0 radical (unpaired) electrons. The Bertz CT molecular complexity index is 1450. The van der Waals surface area contributed by atoms with Crippen LogP contribution in [0.2, 0.25) is 0 Å². The van der Waals surface area contributed by atoms with E-state index in [-0.39, 0.29) is 5.82 Å². The van der Waals surface area contributed by atoms with Gasteiger partial charge in [-0.2, -0.15) is 16.8 Å². The van der Waals surface area contributed by atoms with Crippen molar-refractivity contribution in [1.82, 2.24) is 24.4 Å². The first-order valence-electron chi connectivity index (χ1n) is 12.0. The van der Waals surface area contributed by atoms with Gasteiger partial charge in [0.1, 0.15) is 30.5 Å². The summed E-state index contributed by atoms with van der Waals surface area (Å²) in [6.45, 7) is 1.73. The number of hydrogen-bond acceptors (Lipinski definition) is 14. The number of likely N-dealkylation sites (N-methyl/N-ethyl adjacent to an activating group) is 1. The van der Waals surface area contributed by atoms with E-state index in [1.165, 1.54) is 6.33 Å². The number of nitrogens with zero attached hydrogens (tertiary/aromatic N) is 5. The molecule has 1 aliphatic rings. The molecular weight excluding hydrogens is 606 g/mol. The molecule has 21 heteroatoms. The highest BCUT2D eigenvalue weighted by molar-refractivity contribution is 7.80. The van der Waals surface area contributed by atoms with Crippen molar-refractivity contribution in [3.05, 3.63) is 36.7 Å². The average Bonchev–Trinajstić information content (AvgIpc) is 3.39. The summed E-state index contributed by atoms with van der Waals surface area (Å²) in [6.07, 6.45) is -0.649. The molecule has 0 aliphatic carbocycles. The summed E-state index contributed by atoms with van der Waals surface area (Å²) in [5, 5.41) is 21.7. The van der Waals surface area contributed by atoms with Crippen LogP contribution in [0.25, 0.3) is 22.6 Å². The summed E-state index contributed by atoms with van der Waals surface area (Å²) in [7, 11) is -7.39. The third-order valence-electron chi connectivity index (χ3n) is 5.67. The first kappa shape index (κ1) is 35.3. The van der Waals surface area contributed by atoms with E-state index >= 15 is 0 Å². The SMILES string of the molecule is CN(CCCCON)C[C@H]1O[C@@H](n2c(-c3ccccc3)nc3c(N)ncnc32)[C@H](O)[C@@H]1O.O=S(=O)(O)O.O=S(=O)(O)O. The number of unbranched alkanes of at least 4 members (excludes halogenated alkanes) is 1. The Kier molecular flexibility index (Phi) is 13.0. The molecule has 4 rings (SSSR count). The molecule has 19 nitrogen and oxygen atoms in total. The van der Waals surface area contributed by atoms with Gasteiger partial charge in [0.2, 0.25) is 0 Å². The minimum atomic E-state index is -4.67. The smallest absolute Gasteiger partial charge is 0.387 e. The summed E-state index contributed by atoms with van der Waals surface area (Å²) in [6, 6.07) is 9.48. The van der Waals surface area contributed by atoms with Gasteiger partial charge in [-0.3, -0.25) is 22.8 Å². The van der Waals surface area contributed by atoms with Crippen LogP contribution < -0.4 is 11.6 Å². The number of ether oxygens (including phenoxy) is 1. The highest BCUT2D eigenvalue weighted by Crippen LogP contribution is 2.36. The molecule has 10 N–H and O–H groups in total. The molecule has 0 amide bonds. The highest BCUT2D eigenvalue weighted by Gasteiger charge is 2.45. The predicted molar refractivity (Wildman–Crippen MR) is 146 cm³/mol. The molecule has 1 fully saturated rings. The Balaban J connectivity index is 0.000000533. The average molecular weight is 640 g/mol. The lowest BCUT2D eigenvalue weighted by Gasteiger charge is -2.23. The number of benzene rings is 1. The van der Waals surface area contributed by atoms with E-state index in [1.807, 2.05) is 42.3 Å². The second kappa shape index (κ2) is 15.5. The van der Waals surface area contributed by atoms with E-state index in [4.69, 9.17) is 51.4 Å². The maximum absolute atomic E-state index is 10.9. The quantitative estimate of drug-likeness (QED) is 0.0789. The van der Waals surface area contributed by atoms with Crippen LogP contribution in [0.5, 0.6) is 0 Å². The third kappa shape index (κ3) is 11.4. The van der Waals surface area contributed by atoms with Crippen LogP contribution in [-0.2, 0) is 30.4 Å². The second-order valence-electron chi connectivity index (χ2n) is 8.88. The molecular formula is C21H33N7O12S2. The van der Waals surface area contributed by atoms with Gasteiger partial charge in [0.15, 0.2) is 23.2 Å². The van der Waals surface area contributed by atoms with Gasteiger partial charge in [-0.05, 0) is 26.4 Å². The van der Waals surface area contributed by atoms with Crippen molar-refractivity contribution in [2.75, 3.05) is 32.5 Å². The van der Waals surface area contributed by atoms with E-state index in [1.54, 1.807) is 4.57 Å². The number of aromatic nitrogens is 4. The Morgan fingerprint density at radius 2 is 1.60 bits per heavy atom. The van der Waals surface area contributed by atoms with Gasteiger partial charge in [0, 0.05) is 12.1 Å². The lowest BCUT2D eigenvalue weighted by atomic mass is 10.1. The molecule has 3 aromatic rings. The zero-order chi connectivity index (χ0) is 31.7. The number of nitrogens with two attached hydrogens (primary N) is 2. The number of aliphatic hydroxyl groups is 2. The lowest BCUT2D eigenvalue weighted by molar-refractivity contribution is -0.0414. The maximum atomic E-state index is 10.9. The van der Waals surface area contributed by atoms with Crippen molar-refractivity contribution in [2.45, 2.75) is 37.4 Å². The molecule has 42 heavy (non-hydrogen) atoms. The Morgan fingerprint density at radius 1 is 1.00 bits per heavy atom. The van der Waals surface area contributed by atoms with Crippen LogP contribution in [0, 0.1) is 0 Å². The van der Waals surface area contributed by atoms with E-state index in [0.717, 1.165) is 24.9 Å². The fraction of sp³-hybridized carbons (Fsp3) is 0.476. The van der Waals surface area contributed by atoms with Crippen molar-refractivity contribution in [3.63, 3.8) is 0 Å². The Labute approximate surface area is 240 Å². The van der Waals surface area contributed by atoms with E-state index < -0.39 is 45.3 Å². The first-order chi connectivity index (χ1) is 19.5. The monoisotopic (exact) mass is 639 g/mol. The zero-order valence-electron chi connectivity index (χ0n) is 22.1. The highest BCUT2D eigenvalue weighted by atomic mass is 32.3. The fourth-order valence-electron chi connectivity index (χ4n) is 4.02. The molecule has 0 unspecified atom stereocenters. The Morgan fingerprint density at radius 3 is 2.17 bits per heavy atom. The number of aliphatic hydroxyl groups excluding tert-OH is 2. The van der Waals surface area contributed by atoms with Crippen molar-refractivity contribution in [1.29, 1.82) is 0 Å². The van der Waals surface area contributed by atoms with E-state index in [0.29, 0.717) is 30.1 Å². The number of hydrogen-bond donors (Lipinski definition) is 8. The molecule has 2 aromatic heterocycles. The largest absolute Gasteiger partial charge is 0.394 e. The van der Waals surface area contributed by atoms with Crippen molar-refractivity contribution >= 4 is 37.8 Å². The number of imidazole rings is 1. The first-order valence-corrected chi connectivity index (χ1v) is 14.8. The van der Waals surface area contributed by atoms with Crippen LogP contribution in [0.1, 0.15) is 19.1 Å². The van der Waals surface area contributed by atoms with Gasteiger partial charge in [0.25, 0.3) is 0 Å². The number of anilines is 1. The van der Waals surface area contributed by atoms with Crippen LogP contribution in [0.15, 0.2) is 36.7 Å². The summed E-state index contributed by atoms with van der Waals surface area (Å²) in [4.78, 5) is 19.6. The van der Waals surface area contributed by atoms with Crippen LogP contribution in [0.3, 0.4) is 0 Å². The minimum absolute atomic E-state index is 0.233. The molecule has 0 saturated carbocycles. The molecule has 1 saturated heterocycles. The van der Waals surface area contributed by atoms with E-state index in [9.17, 15) is 10.2 Å². The number of fused-ring (bicyclic) bond motifs is 1. The van der Waals surface area contributed by atoms with Crippen LogP contribution in [0.4, 0.5) is 5.82 Å². The van der Waals surface area contributed by atoms with Crippen molar-refractivity contribution in [3.8, 4) is 11.4 Å². The van der Waals surface area contributed by atoms with Gasteiger partial charge in [-0.15, -0.1) is 0 Å². The maximum Gasteiger partial charge on any atom is 0.394 e. The molecule has 1 aliphatic heterocycles. The van der Waals surface area contributed by atoms with Gasteiger partial charge in [0.05, 0.1) is 6.61 Å². The summed E-state index contributed by atoms with van der Waals surface area (Å²) in [5.41, 5.74) is 7.69. The molecule has 236 valence electrons. The summed E-state index contributed by atoms with van der Waals surface area (Å²) >= 11 is 0. The van der Waals surface area contributed by atoms with Gasteiger partial charge in [-0.25, -0.2) is 20.8 Å². The number of nitrogen functional groups attached to an aromatic ring is 1. The van der Waals surface area contributed by atoms with Crippen molar-refractivity contribution in [2.24, 2.45) is 5.90 Å². The molecule has 3 heterocycles. The zero-order valence-corrected chi connectivity index (χ0v) is 23.8. The lowest BCUT2D eigenvalue weighted by Crippen LogP contribution is -2.38. The minimum Gasteiger partial charge on any atom is -0.387 e. The predicted octanol–water partition coefficient (Wildman–Crippen LogP) is -1.01. The number of rotatable bonds is 9. The molecule has 0 bridgehead atoms. The second-order valence-corrected chi connectivity index (χ2v) is 10.7. The normalized spacial score (nSPS) is 20.6. The standard InChI is InChI=1S/C21H29N7O4.2H2O4S/c1-27(9-5-6-10-31-23)11-14-16(29)17(30)21(32-14)28-19(13-7-3-2-4-8-13)26-15-18(22)24-12-25-20(15)28;2*1-5(2,3)4/h2-4,7-8,12,14,16-17,21,29-30H,5-6,9-11,23H2,1H3,(H2,22,24,25);2*(H2,1,2,3,4)/t14-,16-,17-,21-;;/m1../s1. The summed E-state index contributed by atoms with van der Waals surface area (Å²) in [5.74, 6) is 5.82.